The van der Waals surface area contributed by atoms with Gasteiger partial charge in [0.1, 0.15) is 5.82 Å². The van der Waals surface area contributed by atoms with Gasteiger partial charge in [-0.1, -0.05) is 11.6 Å². The van der Waals surface area contributed by atoms with E-state index in [0.717, 1.165) is 16.5 Å². The van der Waals surface area contributed by atoms with Crippen LogP contribution in [0.5, 0.6) is 0 Å². The van der Waals surface area contributed by atoms with Gasteiger partial charge in [0.25, 0.3) is 5.91 Å². The normalized spacial score (nSPS) is 17.7. The summed E-state index contributed by atoms with van der Waals surface area (Å²) in [7, 11) is 0. The van der Waals surface area contributed by atoms with Crippen molar-refractivity contribution >= 4 is 28.4 Å². The van der Waals surface area contributed by atoms with Gasteiger partial charge in [-0.05, 0) is 49.4 Å². The second kappa shape index (κ2) is 8.30. The average molecular weight is 433 g/mol. The minimum absolute atomic E-state index is 0.0267. The van der Waals surface area contributed by atoms with E-state index < -0.39 is 5.92 Å². The van der Waals surface area contributed by atoms with Gasteiger partial charge in [0.15, 0.2) is 0 Å². The Hall–Kier alpha value is -2.54. The molecule has 1 aliphatic rings. The number of hydrogen-bond acceptors (Lipinski definition) is 3. The van der Waals surface area contributed by atoms with Crippen LogP contribution in [0.3, 0.4) is 0 Å². The lowest BCUT2D eigenvalue weighted by Crippen LogP contribution is -2.35. The molecule has 0 aliphatic heterocycles. The Morgan fingerprint density at radius 2 is 1.97 bits per heavy atom. The third-order valence-corrected chi connectivity index (χ3v) is 6.36. The minimum Gasteiger partial charge on any atom is -0.361 e. The molecule has 1 fully saturated rings. The number of alkyl halides is 2. The summed E-state index contributed by atoms with van der Waals surface area (Å²) in [5, 5.41) is 4.12. The van der Waals surface area contributed by atoms with Crippen molar-refractivity contribution in [2.45, 2.75) is 44.4 Å². The monoisotopic (exact) mass is 432 g/mol. The predicted octanol–water partition coefficient (Wildman–Crippen LogP) is 5.26. The van der Waals surface area contributed by atoms with Crippen molar-refractivity contribution in [1.29, 1.82) is 0 Å². The Kier molecular flexibility index (Phi) is 5.73. The summed E-state index contributed by atoms with van der Waals surface area (Å²) in [6, 6.07) is 5.31. The largest absolute Gasteiger partial charge is 0.361 e. The molecule has 1 aromatic carbocycles. The molecule has 2 N–H and O–H groups in total. The molecule has 1 aliphatic carbocycles. The van der Waals surface area contributed by atoms with E-state index in [-0.39, 0.29) is 30.6 Å². The first kappa shape index (κ1) is 20.7. The van der Waals surface area contributed by atoms with Gasteiger partial charge in [-0.25, -0.2) is 18.7 Å². The average Bonchev–Trinajstić information content (AvgIpc) is 3.20. The molecular formula is C22H23ClF2N4O. The van der Waals surface area contributed by atoms with E-state index in [1.807, 2.05) is 12.1 Å². The minimum atomic E-state index is -2.60. The van der Waals surface area contributed by atoms with Crippen LogP contribution in [0.25, 0.3) is 10.9 Å². The SMILES string of the molecule is Cc1ncc(C(CNC(=O)c2ccc3[nH]ccc3c2Cl)C2CCC(F)(F)CC2)cn1. The van der Waals surface area contributed by atoms with Gasteiger partial charge in [-0.2, -0.15) is 0 Å². The third-order valence-electron chi connectivity index (χ3n) is 5.96. The maximum absolute atomic E-state index is 13.7. The van der Waals surface area contributed by atoms with Crippen molar-refractivity contribution in [2.24, 2.45) is 5.92 Å². The first-order chi connectivity index (χ1) is 14.3. The number of rotatable bonds is 5. The first-order valence-electron chi connectivity index (χ1n) is 10.0. The molecule has 5 nitrogen and oxygen atoms in total. The molecule has 0 radical (unpaired) electrons. The molecule has 2 aromatic heterocycles. The number of benzene rings is 1. The molecule has 2 heterocycles. The lowest BCUT2D eigenvalue weighted by atomic mass is 9.76. The standard InChI is InChI=1S/C22H23ClF2N4O/c1-13-27-10-15(11-28-13)18(14-4-7-22(24,25)8-5-14)12-29-21(30)17-2-3-19-16(20(17)23)6-9-26-19/h2-3,6,9-11,14,18,26H,4-5,7-8,12H2,1H3,(H,29,30). The zero-order chi connectivity index (χ0) is 21.3. The second-order valence-corrected chi connectivity index (χ2v) is 8.32. The summed E-state index contributed by atoms with van der Waals surface area (Å²) < 4.78 is 27.3. The maximum atomic E-state index is 13.7. The van der Waals surface area contributed by atoms with Crippen LogP contribution in [0.15, 0.2) is 36.8 Å². The zero-order valence-corrected chi connectivity index (χ0v) is 17.3. The summed E-state index contributed by atoms with van der Waals surface area (Å²) in [6.07, 6.45) is 5.75. The van der Waals surface area contributed by atoms with Gasteiger partial charge in [0.2, 0.25) is 5.92 Å². The fourth-order valence-electron chi connectivity index (χ4n) is 4.19. The number of nitrogens with one attached hydrogen (secondary N) is 2. The van der Waals surface area contributed by atoms with Gasteiger partial charge in [-0.15, -0.1) is 0 Å². The molecule has 0 saturated heterocycles. The quantitative estimate of drug-likeness (QED) is 0.577. The number of nitrogens with zero attached hydrogens (tertiary/aromatic N) is 2. The summed E-state index contributed by atoms with van der Waals surface area (Å²) >= 11 is 6.42. The Bertz CT molecular complexity index is 1040. The van der Waals surface area contributed by atoms with Crippen LogP contribution < -0.4 is 5.32 Å². The van der Waals surface area contributed by atoms with E-state index >= 15 is 0 Å². The highest BCUT2D eigenvalue weighted by molar-refractivity contribution is 6.38. The molecule has 1 saturated carbocycles. The molecular weight excluding hydrogens is 410 g/mol. The molecule has 30 heavy (non-hydrogen) atoms. The molecule has 1 unspecified atom stereocenters. The predicted molar refractivity (Wildman–Crippen MR) is 112 cm³/mol. The first-order valence-corrected chi connectivity index (χ1v) is 10.4. The Balaban J connectivity index is 1.53. The molecule has 0 spiro atoms. The molecule has 4 rings (SSSR count). The maximum Gasteiger partial charge on any atom is 0.252 e. The van der Waals surface area contributed by atoms with Crippen LogP contribution in [0.2, 0.25) is 5.02 Å². The third kappa shape index (κ3) is 4.31. The van der Waals surface area contributed by atoms with Crippen LogP contribution in [0, 0.1) is 12.8 Å². The number of halogens is 3. The summed E-state index contributed by atoms with van der Waals surface area (Å²) in [5.74, 6) is -2.36. The number of hydrogen-bond donors (Lipinski definition) is 2. The Morgan fingerprint density at radius 1 is 1.27 bits per heavy atom. The number of aromatic amines is 1. The highest BCUT2D eigenvalue weighted by atomic mass is 35.5. The molecule has 158 valence electrons. The van der Waals surface area contributed by atoms with Crippen LogP contribution in [-0.4, -0.2) is 33.3 Å². The van der Waals surface area contributed by atoms with E-state index in [2.05, 4.69) is 20.3 Å². The summed E-state index contributed by atoms with van der Waals surface area (Å²) in [6.45, 7) is 2.10. The van der Waals surface area contributed by atoms with E-state index in [1.54, 1.807) is 31.6 Å². The lowest BCUT2D eigenvalue weighted by Gasteiger charge is -2.34. The van der Waals surface area contributed by atoms with Gasteiger partial charge in [0, 0.05) is 54.8 Å². The fourth-order valence-corrected chi connectivity index (χ4v) is 4.50. The molecule has 1 atom stereocenters. The van der Waals surface area contributed by atoms with Crippen molar-refractivity contribution in [2.75, 3.05) is 6.54 Å². The number of aromatic nitrogens is 3. The Labute approximate surface area is 178 Å². The lowest BCUT2D eigenvalue weighted by molar-refractivity contribution is -0.0485. The molecule has 8 heteroatoms. The smallest absolute Gasteiger partial charge is 0.252 e. The van der Waals surface area contributed by atoms with Crippen molar-refractivity contribution in [3.63, 3.8) is 0 Å². The van der Waals surface area contributed by atoms with Crippen LogP contribution in [0.1, 0.15) is 53.3 Å². The van der Waals surface area contributed by atoms with E-state index in [4.69, 9.17) is 11.6 Å². The van der Waals surface area contributed by atoms with Gasteiger partial charge in [0.05, 0.1) is 10.6 Å². The number of fused-ring (bicyclic) bond motifs is 1. The van der Waals surface area contributed by atoms with Gasteiger partial charge in [-0.3, -0.25) is 4.79 Å². The van der Waals surface area contributed by atoms with E-state index in [0.29, 0.717) is 35.8 Å². The second-order valence-electron chi connectivity index (χ2n) is 7.94. The van der Waals surface area contributed by atoms with E-state index in [1.165, 1.54) is 0 Å². The number of aryl methyl sites for hydroxylation is 1. The van der Waals surface area contributed by atoms with Crippen molar-refractivity contribution in [3.05, 3.63) is 58.8 Å². The molecule has 3 aromatic rings. The van der Waals surface area contributed by atoms with Gasteiger partial charge >= 0.3 is 0 Å². The number of carbonyl (C=O) groups excluding carboxylic acids is 1. The Morgan fingerprint density at radius 3 is 2.67 bits per heavy atom. The molecule has 1 amide bonds. The van der Waals surface area contributed by atoms with Crippen molar-refractivity contribution in [3.8, 4) is 0 Å². The highest BCUT2D eigenvalue weighted by Gasteiger charge is 2.38. The molecule has 0 bridgehead atoms. The van der Waals surface area contributed by atoms with Crippen molar-refractivity contribution < 1.29 is 13.6 Å². The number of carbonyl (C=O) groups is 1. The van der Waals surface area contributed by atoms with Crippen molar-refractivity contribution in [1.82, 2.24) is 20.3 Å². The van der Waals surface area contributed by atoms with Crippen LogP contribution in [0.4, 0.5) is 8.78 Å². The van der Waals surface area contributed by atoms with Gasteiger partial charge < -0.3 is 10.3 Å². The topological polar surface area (TPSA) is 70.7 Å². The van der Waals surface area contributed by atoms with E-state index in [9.17, 15) is 13.6 Å². The zero-order valence-electron chi connectivity index (χ0n) is 16.6. The highest BCUT2D eigenvalue weighted by Crippen LogP contribution is 2.42. The number of H-pyrrole nitrogens is 1. The fraction of sp³-hybridized carbons (Fsp3) is 0.409. The van der Waals surface area contributed by atoms with Crippen LogP contribution in [-0.2, 0) is 0 Å². The van der Waals surface area contributed by atoms with Crippen LogP contribution >= 0.6 is 11.6 Å². The summed E-state index contributed by atoms with van der Waals surface area (Å²) in [5.41, 5.74) is 2.09. The number of amides is 1. The summed E-state index contributed by atoms with van der Waals surface area (Å²) in [4.78, 5) is 24.4.